The Morgan fingerprint density at radius 3 is 2.37 bits per heavy atom. The van der Waals surface area contributed by atoms with Crippen LogP contribution in [0.4, 0.5) is 0 Å². The number of aliphatic hydroxyl groups excluding tert-OH is 1. The van der Waals surface area contributed by atoms with Crippen molar-refractivity contribution in [2.24, 2.45) is 0 Å². The smallest absolute Gasteiger partial charge is 0.125 e. The summed E-state index contributed by atoms with van der Waals surface area (Å²) in [5.41, 5.74) is 1.80. The molecule has 3 heteroatoms. The molecule has 2 rings (SSSR count). The maximum Gasteiger partial charge on any atom is 0.125 e. The molecule has 19 heavy (non-hydrogen) atoms. The summed E-state index contributed by atoms with van der Waals surface area (Å²) in [5, 5.41) is 21.4. The highest BCUT2D eigenvalue weighted by molar-refractivity contribution is 5.45. The average Bonchev–Trinajstić information content (AvgIpc) is 2.38. The van der Waals surface area contributed by atoms with E-state index in [1.165, 1.54) is 0 Å². The van der Waals surface area contributed by atoms with Crippen LogP contribution in [0.15, 0.2) is 12.1 Å². The summed E-state index contributed by atoms with van der Waals surface area (Å²) in [4.78, 5) is 0. The van der Waals surface area contributed by atoms with Gasteiger partial charge in [0.2, 0.25) is 0 Å². The number of methoxy groups -OCH3 is 1. The molecule has 1 aromatic carbocycles. The molecular formula is C16H24O3. The van der Waals surface area contributed by atoms with Gasteiger partial charge in [-0.25, -0.2) is 0 Å². The van der Waals surface area contributed by atoms with Gasteiger partial charge >= 0.3 is 0 Å². The van der Waals surface area contributed by atoms with E-state index in [0.717, 1.165) is 36.0 Å². The Labute approximate surface area is 115 Å². The number of hydrogen-bond donors (Lipinski definition) is 2. The first-order valence-corrected chi connectivity index (χ1v) is 7.03. The SMILES string of the molecule is COc1cc(C)cc(C)c1C(O)C1(O)CCCCC1. The van der Waals surface area contributed by atoms with Crippen LogP contribution in [0.2, 0.25) is 0 Å². The number of benzene rings is 1. The predicted octanol–water partition coefficient (Wildman–Crippen LogP) is 3.04. The molecule has 0 radical (unpaired) electrons. The molecule has 1 aliphatic rings. The molecule has 0 saturated heterocycles. The van der Waals surface area contributed by atoms with Gasteiger partial charge in [0, 0.05) is 5.56 Å². The molecule has 0 aromatic heterocycles. The Kier molecular flexibility index (Phi) is 4.16. The lowest BCUT2D eigenvalue weighted by atomic mass is 9.77. The van der Waals surface area contributed by atoms with Crippen molar-refractivity contribution in [3.05, 3.63) is 28.8 Å². The van der Waals surface area contributed by atoms with E-state index in [1.54, 1.807) is 7.11 Å². The standard InChI is InChI=1S/C16H24O3/c1-11-9-12(2)14(13(10-11)19-3)15(17)16(18)7-5-4-6-8-16/h9-10,15,17-18H,4-8H2,1-3H3. The lowest BCUT2D eigenvalue weighted by Crippen LogP contribution is -2.38. The predicted molar refractivity (Wildman–Crippen MR) is 75.5 cm³/mol. The summed E-state index contributed by atoms with van der Waals surface area (Å²) < 4.78 is 5.39. The fourth-order valence-electron chi connectivity index (χ4n) is 3.17. The molecule has 1 aromatic rings. The van der Waals surface area contributed by atoms with Crippen LogP contribution in [0.3, 0.4) is 0 Å². The fraction of sp³-hybridized carbons (Fsp3) is 0.625. The third-order valence-corrected chi connectivity index (χ3v) is 4.21. The van der Waals surface area contributed by atoms with Gasteiger partial charge in [-0.1, -0.05) is 25.3 Å². The molecule has 1 aliphatic carbocycles. The lowest BCUT2D eigenvalue weighted by molar-refractivity contribution is -0.100. The van der Waals surface area contributed by atoms with Gasteiger partial charge in [0.15, 0.2) is 0 Å². The van der Waals surface area contributed by atoms with Crippen molar-refractivity contribution in [3.8, 4) is 5.75 Å². The van der Waals surface area contributed by atoms with E-state index in [-0.39, 0.29) is 0 Å². The van der Waals surface area contributed by atoms with Crippen LogP contribution in [0.5, 0.6) is 5.75 Å². The van der Waals surface area contributed by atoms with Crippen molar-refractivity contribution >= 4 is 0 Å². The first-order valence-electron chi connectivity index (χ1n) is 7.03. The van der Waals surface area contributed by atoms with Crippen LogP contribution in [0, 0.1) is 13.8 Å². The Morgan fingerprint density at radius 1 is 1.16 bits per heavy atom. The maximum absolute atomic E-state index is 10.7. The Bertz CT molecular complexity index is 448. The van der Waals surface area contributed by atoms with Crippen molar-refractivity contribution in [1.82, 2.24) is 0 Å². The van der Waals surface area contributed by atoms with Gasteiger partial charge in [0.1, 0.15) is 11.9 Å². The Balaban J connectivity index is 2.40. The second kappa shape index (κ2) is 5.51. The topological polar surface area (TPSA) is 49.7 Å². The van der Waals surface area contributed by atoms with Gasteiger partial charge in [0.25, 0.3) is 0 Å². The summed E-state index contributed by atoms with van der Waals surface area (Å²) in [7, 11) is 1.61. The van der Waals surface area contributed by atoms with E-state index in [2.05, 4.69) is 0 Å². The number of hydrogen-bond acceptors (Lipinski definition) is 3. The number of ether oxygens (including phenoxy) is 1. The highest BCUT2D eigenvalue weighted by atomic mass is 16.5. The lowest BCUT2D eigenvalue weighted by Gasteiger charge is -2.37. The van der Waals surface area contributed by atoms with Crippen LogP contribution >= 0.6 is 0 Å². The summed E-state index contributed by atoms with van der Waals surface area (Å²) in [6.07, 6.45) is 3.53. The number of aryl methyl sites for hydroxylation is 2. The maximum atomic E-state index is 10.7. The third-order valence-electron chi connectivity index (χ3n) is 4.21. The number of rotatable bonds is 3. The van der Waals surface area contributed by atoms with Crippen LogP contribution in [-0.2, 0) is 0 Å². The molecule has 0 amide bonds. The van der Waals surface area contributed by atoms with Gasteiger partial charge in [-0.05, 0) is 43.9 Å². The minimum absolute atomic E-state index is 0.657. The van der Waals surface area contributed by atoms with Gasteiger partial charge in [-0.2, -0.15) is 0 Å². The summed E-state index contributed by atoms with van der Waals surface area (Å²) in [6.45, 7) is 3.96. The molecule has 0 bridgehead atoms. The first-order chi connectivity index (χ1) is 8.98. The second-order valence-electron chi connectivity index (χ2n) is 5.76. The van der Waals surface area contributed by atoms with E-state index in [9.17, 15) is 10.2 Å². The Morgan fingerprint density at radius 2 is 1.79 bits per heavy atom. The number of aliphatic hydroxyl groups is 2. The zero-order chi connectivity index (χ0) is 14.0. The first kappa shape index (κ1) is 14.4. The molecule has 106 valence electrons. The minimum atomic E-state index is -1.01. The van der Waals surface area contributed by atoms with E-state index < -0.39 is 11.7 Å². The quantitative estimate of drug-likeness (QED) is 0.882. The minimum Gasteiger partial charge on any atom is -0.496 e. The van der Waals surface area contributed by atoms with Crippen molar-refractivity contribution in [1.29, 1.82) is 0 Å². The van der Waals surface area contributed by atoms with E-state index in [4.69, 9.17) is 4.74 Å². The molecule has 0 aliphatic heterocycles. The van der Waals surface area contributed by atoms with Gasteiger partial charge in [0.05, 0.1) is 12.7 Å². The van der Waals surface area contributed by atoms with Gasteiger partial charge < -0.3 is 14.9 Å². The largest absolute Gasteiger partial charge is 0.496 e. The second-order valence-corrected chi connectivity index (χ2v) is 5.76. The summed E-state index contributed by atoms with van der Waals surface area (Å²) in [6, 6.07) is 3.94. The van der Waals surface area contributed by atoms with Crippen molar-refractivity contribution < 1.29 is 14.9 Å². The molecule has 3 nitrogen and oxygen atoms in total. The third kappa shape index (κ3) is 2.77. The molecule has 1 unspecified atom stereocenters. The van der Waals surface area contributed by atoms with Crippen molar-refractivity contribution in [2.45, 2.75) is 57.7 Å². The normalized spacial score (nSPS) is 20.1. The molecule has 0 heterocycles. The fourth-order valence-corrected chi connectivity index (χ4v) is 3.17. The highest BCUT2D eigenvalue weighted by Gasteiger charge is 2.39. The van der Waals surface area contributed by atoms with Crippen LogP contribution < -0.4 is 4.74 Å². The zero-order valence-electron chi connectivity index (χ0n) is 12.1. The molecule has 2 N–H and O–H groups in total. The monoisotopic (exact) mass is 264 g/mol. The van der Waals surface area contributed by atoms with Crippen molar-refractivity contribution in [2.75, 3.05) is 7.11 Å². The van der Waals surface area contributed by atoms with Crippen molar-refractivity contribution in [3.63, 3.8) is 0 Å². The summed E-state index contributed by atoms with van der Waals surface area (Å²) in [5.74, 6) is 0.670. The van der Waals surface area contributed by atoms with Crippen LogP contribution in [0.1, 0.15) is 54.9 Å². The zero-order valence-corrected chi connectivity index (χ0v) is 12.1. The van der Waals surface area contributed by atoms with Crippen LogP contribution in [0.25, 0.3) is 0 Å². The molecule has 1 fully saturated rings. The van der Waals surface area contributed by atoms with E-state index >= 15 is 0 Å². The highest BCUT2D eigenvalue weighted by Crippen LogP contribution is 2.42. The molecular weight excluding hydrogens is 240 g/mol. The average molecular weight is 264 g/mol. The van der Waals surface area contributed by atoms with Gasteiger partial charge in [-0.15, -0.1) is 0 Å². The Hall–Kier alpha value is -1.06. The van der Waals surface area contributed by atoms with Crippen LogP contribution in [-0.4, -0.2) is 22.9 Å². The molecule has 0 spiro atoms. The molecule has 1 atom stereocenters. The van der Waals surface area contributed by atoms with E-state index in [1.807, 2.05) is 26.0 Å². The molecule has 1 saturated carbocycles. The summed E-state index contributed by atoms with van der Waals surface area (Å²) >= 11 is 0. The van der Waals surface area contributed by atoms with Gasteiger partial charge in [-0.3, -0.25) is 0 Å². The van der Waals surface area contributed by atoms with E-state index in [0.29, 0.717) is 18.6 Å².